The number of carbonyl (C=O) groups is 1. The van der Waals surface area contributed by atoms with Crippen LogP contribution in [0.1, 0.15) is 38.5 Å². The van der Waals surface area contributed by atoms with E-state index in [-0.39, 0.29) is 17.3 Å². The molecule has 3 fully saturated rings. The van der Waals surface area contributed by atoms with Crippen molar-refractivity contribution in [3.8, 4) is 6.07 Å². The Morgan fingerprint density at radius 2 is 2.13 bits per heavy atom. The Hall–Kier alpha value is -2.94. The van der Waals surface area contributed by atoms with Crippen molar-refractivity contribution in [3.63, 3.8) is 0 Å². The number of nitriles is 1. The number of nitrogen functional groups attached to an aromatic ring is 1. The van der Waals surface area contributed by atoms with E-state index < -0.39 is 35.7 Å². The fraction of sp³-hybridized carbons (Fsp3) is 0.579. The summed E-state index contributed by atoms with van der Waals surface area (Å²) in [5, 5.41) is 35.6. The van der Waals surface area contributed by atoms with Gasteiger partial charge in [0.1, 0.15) is 36.2 Å². The molecule has 0 radical (unpaired) electrons. The lowest BCUT2D eigenvalue weighted by molar-refractivity contribution is -0.101. The van der Waals surface area contributed by atoms with Gasteiger partial charge in [-0.05, 0) is 30.4 Å². The maximum atomic E-state index is 12.1. The topological polar surface area (TPSA) is 165 Å². The third-order valence-electron chi connectivity index (χ3n) is 6.34. The second-order valence-electron chi connectivity index (χ2n) is 8.92. The quantitative estimate of drug-likeness (QED) is 0.600. The molecule has 5 rings (SSSR count). The molecule has 2 aromatic heterocycles. The van der Waals surface area contributed by atoms with Gasteiger partial charge in [0.2, 0.25) is 5.60 Å². The molecule has 3 aliphatic rings. The molecule has 11 nitrogen and oxygen atoms in total. The summed E-state index contributed by atoms with van der Waals surface area (Å²) in [5.74, 6) is 0.228. The van der Waals surface area contributed by atoms with Crippen molar-refractivity contribution in [2.24, 2.45) is 5.41 Å². The summed E-state index contributed by atoms with van der Waals surface area (Å²) in [7, 11) is 0. The van der Waals surface area contributed by atoms with Gasteiger partial charge < -0.3 is 30.2 Å². The molecule has 30 heavy (non-hydrogen) atoms. The van der Waals surface area contributed by atoms with E-state index in [4.69, 9.17) is 19.9 Å². The van der Waals surface area contributed by atoms with Crippen LogP contribution in [0.4, 0.5) is 10.6 Å². The molecule has 3 heterocycles. The van der Waals surface area contributed by atoms with Gasteiger partial charge in [0.05, 0.1) is 5.69 Å². The Labute approximate surface area is 171 Å². The van der Waals surface area contributed by atoms with Crippen LogP contribution in [0.2, 0.25) is 0 Å². The van der Waals surface area contributed by atoms with Crippen LogP contribution in [-0.4, -0.2) is 60.5 Å². The highest BCUT2D eigenvalue weighted by Gasteiger charge is 2.91. The van der Waals surface area contributed by atoms with Gasteiger partial charge in [0.15, 0.2) is 17.5 Å². The van der Waals surface area contributed by atoms with E-state index in [9.17, 15) is 20.3 Å². The minimum absolute atomic E-state index is 0.104. The van der Waals surface area contributed by atoms with Crippen molar-refractivity contribution in [2.45, 2.75) is 62.3 Å². The number of carbonyl (C=O) groups excluding carboxylic acids is 1. The van der Waals surface area contributed by atoms with Crippen LogP contribution in [0, 0.1) is 16.7 Å². The van der Waals surface area contributed by atoms with Crippen molar-refractivity contribution < 1.29 is 29.2 Å². The zero-order chi connectivity index (χ0) is 21.5. The molecular weight excluding hydrogens is 394 g/mol. The van der Waals surface area contributed by atoms with Crippen molar-refractivity contribution in [3.05, 3.63) is 24.2 Å². The van der Waals surface area contributed by atoms with Gasteiger partial charge in [0, 0.05) is 0 Å². The minimum Gasteiger partial charge on any atom is -0.431 e. The second-order valence-corrected chi connectivity index (χ2v) is 8.92. The third-order valence-corrected chi connectivity index (χ3v) is 6.34. The lowest BCUT2D eigenvalue weighted by Gasteiger charge is -2.41. The van der Waals surface area contributed by atoms with E-state index in [0.29, 0.717) is 24.1 Å². The van der Waals surface area contributed by atoms with Gasteiger partial charge in [-0.1, -0.05) is 13.8 Å². The van der Waals surface area contributed by atoms with Crippen molar-refractivity contribution >= 4 is 17.5 Å². The summed E-state index contributed by atoms with van der Waals surface area (Å²) in [4.78, 5) is 16.0. The fourth-order valence-corrected chi connectivity index (χ4v) is 4.72. The van der Waals surface area contributed by atoms with E-state index in [0.717, 1.165) is 0 Å². The number of ether oxygens (including phenoxy) is 3. The number of hydrogen-bond donors (Lipinski definition) is 3. The zero-order valence-corrected chi connectivity index (χ0v) is 16.3. The molecule has 5 atom stereocenters. The maximum absolute atomic E-state index is 12.1. The number of aliphatic hydroxyl groups is 2. The summed E-state index contributed by atoms with van der Waals surface area (Å²) < 4.78 is 17.6. The Morgan fingerprint density at radius 3 is 2.77 bits per heavy atom. The van der Waals surface area contributed by atoms with Crippen LogP contribution >= 0.6 is 0 Å². The summed E-state index contributed by atoms with van der Waals surface area (Å²) in [5.41, 5.74) is 2.79. The molecule has 4 N–H and O–H groups in total. The van der Waals surface area contributed by atoms with Crippen LogP contribution in [0.15, 0.2) is 18.5 Å². The molecule has 1 saturated heterocycles. The molecule has 0 bridgehead atoms. The number of anilines is 1. The molecule has 2 aliphatic carbocycles. The van der Waals surface area contributed by atoms with E-state index >= 15 is 0 Å². The Bertz CT molecular complexity index is 1090. The van der Waals surface area contributed by atoms with Crippen molar-refractivity contribution in [1.82, 2.24) is 14.6 Å². The van der Waals surface area contributed by atoms with Crippen LogP contribution < -0.4 is 5.73 Å². The Kier molecular flexibility index (Phi) is 3.69. The zero-order valence-electron chi connectivity index (χ0n) is 16.3. The Morgan fingerprint density at radius 1 is 1.40 bits per heavy atom. The summed E-state index contributed by atoms with van der Waals surface area (Å²) in [6.45, 7) is 4.12. The number of aliphatic hydroxyl groups excluding tert-OH is 1. The summed E-state index contributed by atoms with van der Waals surface area (Å²) >= 11 is 0. The lowest BCUT2D eigenvalue weighted by Crippen LogP contribution is -2.40. The minimum atomic E-state index is -2.09. The summed E-state index contributed by atoms with van der Waals surface area (Å²) in [6, 6.07) is 5.10. The second kappa shape index (κ2) is 5.81. The van der Waals surface area contributed by atoms with E-state index in [1.165, 1.54) is 10.8 Å². The van der Waals surface area contributed by atoms with Crippen molar-refractivity contribution in [2.75, 3.05) is 5.73 Å². The van der Waals surface area contributed by atoms with Gasteiger partial charge >= 0.3 is 6.16 Å². The number of hydrogen-bond acceptors (Lipinski definition) is 10. The fourth-order valence-electron chi connectivity index (χ4n) is 4.72. The van der Waals surface area contributed by atoms with Crippen LogP contribution in [-0.2, 0) is 14.2 Å². The largest absolute Gasteiger partial charge is 0.509 e. The molecule has 0 aromatic carbocycles. The molecule has 0 unspecified atom stereocenters. The van der Waals surface area contributed by atoms with E-state index in [1.54, 1.807) is 12.1 Å². The van der Waals surface area contributed by atoms with Crippen LogP contribution in [0.25, 0.3) is 5.52 Å². The molecule has 11 heteroatoms. The molecule has 0 spiro atoms. The first kappa shape index (κ1) is 19.0. The number of nitrogens with two attached hydrogens (primary N) is 1. The summed E-state index contributed by atoms with van der Waals surface area (Å²) in [6.07, 6.45) is -2.63. The average molecular weight is 415 g/mol. The maximum Gasteiger partial charge on any atom is 0.509 e. The van der Waals surface area contributed by atoms with Gasteiger partial charge in [-0.25, -0.2) is 14.3 Å². The number of nitrogens with zero attached hydrogens (tertiary/aromatic N) is 4. The predicted octanol–water partition coefficient (Wildman–Crippen LogP) is 0.461. The highest BCUT2D eigenvalue weighted by Crippen LogP contribution is 2.64. The first-order valence-corrected chi connectivity index (χ1v) is 9.58. The van der Waals surface area contributed by atoms with Crippen LogP contribution in [0.5, 0.6) is 0 Å². The highest BCUT2D eigenvalue weighted by atomic mass is 16.8. The van der Waals surface area contributed by atoms with Gasteiger partial charge in [-0.3, -0.25) is 0 Å². The first-order valence-electron chi connectivity index (χ1n) is 9.58. The first-order chi connectivity index (χ1) is 14.1. The average Bonchev–Trinajstić information content (AvgIpc) is 2.96. The molecule has 2 aromatic rings. The SMILES string of the molecule is CC1(C)CC(OC(=O)O[C@@H]2[C@]3(O)[C@@H](O)[C@H](c4ccc5c(N)ncnn45)O[C@]23C#N)C1. The molecule has 158 valence electrons. The van der Waals surface area contributed by atoms with E-state index in [2.05, 4.69) is 23.9 Å². The monoisotopic (exact) mass is 415 g/mol. The molecule has 1 aliphatic heterocycles. The number of rotatable bonds is 3. The molecule has 2 saturated carbocycles. The third kappa shape index (κ3) is 2.32. The number of fused-ring (bicyclic) bond motifs is 2. The molecular formula is C19H21N5O6. The highest BCUT2D eigenvalue weighted by molar-refractivity contribution is 5.66. The Balaban J connectivity index is 1.34. The molecule has 0 amide bonds. The smallest absolute Gasteiger partial charge is 0.431 e. The standard InChI is InChI=1S/C19H21N5O6/c1-17(2)5-9(6-17)28-16(26)29-15-18(7-20)19(15,27)13(25)12(30-18)10-3-4-11-14(21)22-8-23-24(10)11/h3-4,8-9,12-13,15,25,27H,5-6H2,1-2H3,(H2,21,22,23)/t12-,13-,15-,18+,19+/m0/s1. The van der Waals surface area contributed by atoms with Gasteiger partial charge in [-0.2, -0.15) is 10.4 Å². The van der Waals surface area contributed by atoms with Crippen molar-refractivity contribution in [1.29, 1.82) is 5.26 Å². The normalized spacial score (nSPS) is 36.6. The number of aromatic nitrogens is 3. The lowest BCUT2D eigenvalue weighted by atomic mass is 9.70. The van der Waals surface area contributed by atoms with E-state index in [1.807, 2.05) is 6.07 Å². The van der Waals surface area contributed by atoms with Crippen LogP contribution in [0.3, 0.4) is 0 Å². The van der Waals surface area contributed by atoms with Gasteiger partial charge in [0.25, 0.3) is 0 Å². The predicted molar refractivity (Wildman–Crippen MR) is 98.7 cm³/mol. The van der Waals surface area contributed by atoms with Gasteiger partial charge in [-0.15, -0.1) is 0 Å².